The Labute approximate surface area is 132 Å². The highest BCUT2D eigenvalue weighted by atomic mass is 32.2. The first-order valence-electron chi connectivity index (χ1n) is 6.92. The maximum atomic E-state index is 12.0. The smallest absolute Gasteiger partial charge is 0.339 e. The number of esters is 1. The second-order valence-electron chi connectivity index (χ2n) is 4.63. The molecule has 0 aromatic heterocycles. The molecule has 2 unspecified atom stereocenters. The van der Waals surface area contributed by atoms with Crippen LogP contribution in [0.25, 0.3) is 0 Å². The predicted molar refractivity (Wildman–Crippen MR) is 83.2 cm³/mol. The van der Waals surface area contributed by atoms with Crippen molar-refractivity contribution in [2.24, 2.45) is 0 Å². The number of rotatable bonds is 8. The van der Waals surface area contributed by atoms with Crippen LogP contribution in [0, 0.1) is 0 Å². The van der Waals surface area contributed by atoms with Gasteiger partial charge in [-0.15, -0.1) is 0 Å². The van der Waals surface area contributed by atoms with Gasteiger partial charge in [0.2, 0.25) is 0 Å². The van der Waals surface area contributed by atoms with Gasteiger partial charge in [-0.25, -0.2) is 4.79 Å². The number of hydrogen-bond donors (Lipinski definition) is 1. The van der Waals surface area contributed by atoms with Crippen molar-refractivity contribution in [3.8, 4) is 0 Å². The SMILES string of the molecule is CCS(=O)c1ccccc1C(=O)OCC(=O)NC(C)COC. The fourth-order valence-electron chi connectivity index (χ4n) is 1.81. The molecule has 1 rings (SSSR count). The Balaban J connectivity index is 2.63. The topological polar surface area (TPSA) is 81.7 Å². The Morgan fingerprint density at radius 1 is 1.32 bits per heavy atom. The van der Waals surface area contributed by atoms with Crippen molar-refractivity contribution in [2.75, 3.05) is 26.1 Å². The summed E-state index contributed by atoms with van der Waals surface area (Å²) in [6.07, 6.45) is 0. The van der Waals surface area contributed by atoms with Crippen molar-refractivity contribution >= 4 is 22.7 Å². The van der Waals surface area contributed by atoms with Crippen molar-refractivity contribution in [2.45, 2.75) is 24.8 Å². The van der Waals surface area contributed by atoms with E-state index in [0.29, 0.717) is 17.3 Å². The average Bonchev–Trinajstić information content (AvgIpc) is 2.52. The Hall–Kier alpha value is -1.73. The van der Waals surface area contributed by atoms with E-state index in [9.17, 15) is 13.8 Å². The van der Waals surface area contributed by atoms with Gasteiger partial charge >= 0.3 is 5.97 Å². The zero-order valence-electron chi connectivity index (χ0n) is 13.0. The van der Waals surface area contributed by atoms with Crippen LogP contribution in [0.1, 0.15) is 24.2 Å². The molecule has 1 aromatic carbocycles. The third kappa shape index (κ3) is 5.57. The van der Waals surface area contributed by atoms with Crippen LogP contribution < -0.4 is 5.32 Å². The van der Waals surface area contributed by atoms with Crippen LogP contribution in [0.2, 0.25) is 0 Å². The van der Waals surface area contributed by atoms with Gasteiger partial charge in [0.1, 0.15) is 0 Å². The minimum atomic E-state index is -1.27. The minimum absolute atomic E-state index is 0.170. The van der Waals surface area contributed by atoms with E-state index in [-0.39, 0.29) is 18.2 Å². The highest BCUT2D eigenvalue weighted by Gasteiger charge is 2.17. The van der Waals surface area contributed by atoms with Gasteiger partial charge in [0, 0.05) is 18.9 Å². The quantitative estimate of drug-likeness (QED) is 0.724. The fraction of sp³-hybridized carbons (Fsp3) is 0.467. The van der Waals surface area contributed by atoms with E-state index in [1.165, 1.54) is 13.2 Å². The average molecular weight is 327 g/mol. The highest BCUT2D eigenvalue weighted by Crippen LogP contribution is 2.15. The summed E-state index contributed by atoms with van der Waals surface area (Å²) in [5.41, 5.74) is 0.223. The standard InChI is InChI=1S/C15H21NO5S/c1-4-22(19)13-8-6-5-7-12(13)15(18)21-10-14(17)16-11(2)9-20-3/h5-8,11H,4,9-10H2,1-3H3,(H,16,17). The number of carbonyl (C=O) groups excluding carboxylic acids is 2. The van der Waals surface area contributed by atoms with E-state index in [2.05, 4.69) is 5.32 Å². The van der Waals surface area contributed by atoms with Gasteiger partial charge < -0.3 is 14.8 Å². The summed E-state index contributed by atoms with van der Waals surface area (Å²) in [6.45, 7) is 3.53. The Morgan fingerprint density at radius 3 is 2.64 bits per heavy atom. The van der Waals surface area contributed by atoms with Crippen molar-refractivity contribution < 1.29 is 23.3 Å². The van der Waals surface area contributed by atoms with Gasteiger partial charge in [0.25, 0.3) is 5.91 Å². The minimum Gasteiger partial charge on any atom is -0.452 e. The molecule has 0 aliphatic heterocycles. The van der Waals surface area contributed by atoms with Gasteiger partial charge in [0.05, 0.1) is 27.9 Å². The second-order valence-corrected chi connectivity index (χ2v) is 6.34. The molecule has 1 amide bonds. The zero-order chi connectivity index (χ0) is 16.5. The molecule has 0 radical (unpaired) electrons. The van der Waals surface area contributed by atoms with Crippen LogP contribution in [0.3, 0.4) is 0 Å². The van der Waals surface area contributed by atoms with Crippen molar-refractivity contribution in [1.82, 2.24) is 5.32 Å². The first kappa shape index (κ1) is 18.3. The van der Waals surface area contributed by atoms with Crippen LogP contribution in [0.4, 0.5) is 0 Å². The number of amides is 1. The summed E-state index contributed by atoms with van der Waals surface area (Å²) < 4.78 is 21.8. The second kappa shape index (κ2) is 9.32. The largest absolute Gasteiger partial charge is 0.452 e. The summed E-state index contributed by atoms with van der Waals surface area (Å²) >= 11 is 0. The van der Waals surface area contributed by atoms with Crippen LogP contribution >= 0.6 is 0 Å². The maximum Gasteiger partial charge on any atom is 0.339 e. The lowest BCUT2D eigenvalue weighted by Crippen LogP contribution is -2.38. The normalized spacial score (nSPS) is 13.2. The lowest BCUT2D eigenvalue weighted by atomic mass is 10.2. The van der Waals surface area contributed by atoms with Gasteiger partial charge in [-0.1, -0.05) is 19.1 Å². The van der Waals surface area contributed by atoms with E-state index in [1.807, 2.05) is 0 Å². The molecule has 0 saturated carbocycles. The first-order valence-corrected chi connectivity index (χ1v) is 8.24. The molecule has 0 saturated heterocycles. The molecule has 0 heterocycles. The number of carbonyl (C=O) groups is 2. The molecule has 22 heavy (non-hydrogen) atoms. The molecule has 0 spiro atoms. The molecule has 0 bridgehead atoms. The number of ether oxygens (including phenoxy) is 2. The third-order valence-corrected chi connectivity index (χ3v) is 4.14. The number of benzene rings is 1. The van der Waals surface area contributed by atoms with Crippen molar-refractivity contribution in [1.29, 1.82) is 0 Å². The van der Waals surface area contributed by atoms with Crippen molar-refractivity contribution in [3.63, 3.8) is 0 Å². The molecular weight excluding hydrogens is 306 g/mol. The molecule has 7 heteroatoms. The summed E-state index contributed by atoms with van der Waals surface area (Å²) in [5, 5.41) is 2.64. The van der Waals surface area contributed by atoms with E-state index >= 15 is 0 Å². The summed E-state index contributed by atoms with van der Waals surface area (Å²) in [7, 11) is 0.269. The molecule has 122 valence electrons. The van der Waals surface area contributed by atoms with Gasteiger partial charge in [-0.05, 0) is 19.1 Å². The lowest BCUT2D eigenvalue weighted by Gasteiger charge is -2.13. The number of nitrogens with one attached hydrogen (secondary N) is 1. The monoisotopic (exact) mass is 327 g/mol. The van der Waals surface area contributed by atoms with Gasteiger partial charge in [0.15, 0.2) is 6.61 Å². The van der Waals surface area contributed by atoms with Crippen LogP contribution in [0.5, 0.6) is 0 Å². The summed E-state index contributed by atoms with van der Waals surface area (Å²) in [4.78, 5) is 24.1. The van der Waals surface area contributed by atoms with Crippen LogP contribution in [-0.2, 0) is 25.1 Å². The Kier molecular flexibility index (Phi) is 7.76. The van der Waals surface area contributed by atoms with Gasteiger partial charge in [-0.2, -0.15) is 0 Å². The molecule has 1 aromatic rings. The molecule has 6 nitrogen and oxygen atoms in total. The third-order valence-electron chi connectivity index (χ3n) is 2.77. The Morgan fingerprint density at radius 2 is 2.00 bits per heavy atom. The predicted octanol–water partition coefficient (Wildman–Crippen LogP) is 1.12. The van der Waals surface area contributed by atoms with Gasteiger partial charge in [-0.3, -0.25) is 9.00 Å². The van der Waals surface area contributed by atoms with E-state index < -0.39 is 22.7 Å². The fourth-order valence-corrected chi connectivity index (χ4v) is 2.74. The van der Waals surface area contributed by atoms with E-state index in [1.54, 1.807) is 32.0 Å². The van der Waals surface area contributed by atoms with Crippen molar-refractivity contribution in [3.05, 3.63) is 29.8 Å². The highest BCUT2D eigenvalue weighted by molar-refractivity contribution is 7.85. The molecule has 1 N–H and O–H groups in total. The van der Waals surface area contributed by atoms with E-state index in [4.69, 9.17) is 9.47 Å². The molecule has 0 aliphatic carbocycles. The van der Waals surface area contributed by atoms with E-state index in [0.717, 1.165) is 0 Å². The maximum absolute atomic E-state index is 12.0. The number of hydrogen-bond acceptors (Lipinski definition) is 5. The number of methoxy groups -OCH3 is 1. The molecular formula is C15H21NO5S. The molecule has 2 atom stereocenters. The Bertz CT molecular complexity index is 546. The van der Waals surface area contributed by atoms with Crippen LogP contribution in [0.15, 0.2) is 29.2 Å². The first-order chi connectivity index (χ1) is 10.5. The lowest BCUT2D eigenvalue weighted by molar-refractivity contribution is -0.125. The molecule has 0 fully saturated rings. The molecule has 0 aliphatic rings. The summed E-state index contributed by atoms with van der Waals surface area (Å²) in [6, 6.07) is 6.36. The van der Waals surface area contributed by atoms with Crippen LogP contribution in [-0.4, -0.2) is 48.2 Å². The summed E-state index contributed by atoms with van der Waals surface area (Å²) in [5.74, 6) is -0.668. The zero-order valence-corrected chi connectivity index (χ0v) is 13.8.